The van der Waals surface area contributed by atoms with Crippen molar-refractivity contribution in [2.75, 3.05) is 33.9 Å². The Balaban J connectivity index is 2.56. The first kappa shape index (κ1) is 16.6. The van der Waals surface area contributed by atoms with Crippen LogP contribution in [-0.4, -0.2) is 48.5 Å². The van der Waals surface area contributed by atoms with Crippen LogP contribution in [0.4, 0.5) is 0 Å². The van der Waals surface area contributed by atoms with Crippen LogP contribution < -0.4 is 5.73 Å². The highest BCUT2D eigenvalue weighted by atomic mass is 79.9. The van der Waals surface area contributed by atoms with Gasteiger partial charge in [-0.2, -0.15) is 5.10 Å². The fourth-order valence-electron chi connectivity index (χ4n) is 1.81. The highest BCUT2D eigenvalue weighted by Gasteiger charge is 2.16. The summed E-state index contributed by atoms with van der Waals surface area (Å²) in [6, 6.07) is -0.0455. The lowest BCUT2D eigenvalue weighted by molar-refractivity contribution is 0.127. The molecule has 0 aliphatic rings. The summed E-state index contributed by atoms with van der Waals surface area (Å²) in [7, 11) is 4.10. The molecular formula is C13H25BrN4O. The Labute approximate surface area is 124 Å². The summed E-state index contributed by atoms with van der Waals surface area (Å²) >= 11 is 3.53. The highest BCUT2D eigenvalue weighted by molar-refractivity contribution is 9.10. The normalized spacial score (nSPS) is 13.2. The Morgan fingerprint density at radius 1 is 1.47 bits per heavy atom. The van der Waals surface area contributed by atoms with Crippen LogP contribution in [0.15, 0.2) is 10.7 Å². The largest absolute Gasteiger partial charge is 0.381 e. The molecule has 1 rings (SSSR count). The van der Waals surface area contributed by atoms with E-state index in [0.717, 1.165) is 42.7 Å². The standard InChI is InChI=1S/C13H25BrN4O/c1-4-8-19-9-5-12(15)13-11(14)10-16-18(13)7-6-17(2)3/h10,12H,4-9,15H2,1-3H3. The summed E-state index contributed by atoms with van der Waals surface area (Å²) in [6.07, 6.45) is 3.67. The molecule has 5 nitrogen and oxygen atoms in total. The highest BCUT2D eigenvalue weighted by Crippen LogP contribution is 2.23. The second-order valence-electron chi connectivity index (χ2n) is 4.91. The van der Waals surface area contributed by atoms with Crippen molar-refractivity contribution in [1.29, 1.82) is 0 Å². The Kier molecular flexibility index (Phi) is 7.60. The number of likely N-dealkylation sites (N-methyl/N-ethyl adjacent to an activating group) is 1. The van der Waals surface area contributed by atoms with Crippen molar-refractivity contribution in [1.82, 2.24) is 14.7 Å². The van der Waals surface area contributed by atoms with Crippen molar-refractivity contribution in [3.63, 3.8) is 0 Å². The zero-order valence-electron chi connectivity index (χ0n) is 12.1. The van der Waals surface area contributed by atoms with Crippen molar-refractivity contribution < 1.29 is 4.74 Å². The molecule has 0 aromatic carbocycles. The second-order valence-corrected chi connectivity index (χ2v) is 5.77. The van der Waals surface area contributed by atoms with E-state index in [1.54, 1.807) is 0 Å². The Bertz CT molecular complexity index is 368. The zero-order valence-corrected chi connectivity index (χ0v) is 13.7. The molecule has 0 fully saturated rings. The van der Waals surface area contributed by atoms with Crippen molar-refractivity contribution in [3.05, 3.63) is 16.4 Å². The minimum Gasteiger partial charge on any atom is -0.381 e. The van der Waals surface area contributed by atoms with Gasteiger partial charge in [-0.3, -0.25) is 4.68 Å². The van der Waals surface area contributed by atoms with Gasteiger partial charge in [0.1, 0.15) is 0 Å². The molecule has 0 aliphatic heterocycles. The monoisotopic (exact) mass is 332 g/mol. The average molecular weight is 333 g/mol. The van der Waals surface area contributed by atoms with E-state index < -0.39 is 0 Å². The minimum absolute atomic E-state index is 0.0455. The fourth-order valence-corrected chi connectivity index (χ4v) is 2.40. The number of hydrogen-bond acceptors (Lipinski definition) is 4. The first-order chi connectivity index (χ1) is 9.06. The second kappa shape index (κ2) is 8.68. The van der Waals surface area contributed by atoms with Crippen LogP contribution in [-0.2, 0) is 11.3 Å². The van der Waals surface area contributed by atoms with E-state index in [-0.39, 0.29) is 6.04 Å². The molecule has 1 heterocycles. The molecule has 1 unspecified atom stereocenters. The Morgan fingerprint density at radius 3 is 2.84 bits per heavy atom. The SMILES string of the molecule is CCCOCCC(N)c1c(Br)cnn1CCN(C)C. The molecule has 19 heavy (non-hydrogen) atoms. The van der Waals surface area contributed by atoms with E-state index in [1.807, 2.05) is 10.9 Å². The number of aromatic nitrogens is 2. The Morgan fingerprint density at radius 2 is 2.21 bits per heavy atom. The molecule has 0 saturated carbocycles. The van der Waals surface area contributed by atoms with Crippen LogP contribution in [0.1, 0.15) is 31.5 Å². The first-order valence-corrected chi connectivity index (χ1v) is 7.54. The number of nitrogens with two attached hydrogens (primary N) is 1. The van der Waals surface area contributed by atoms with Gasteiger partial charge in [0, 0.05) is 19.8 Å². The number of hydrogen-bond donors (Lipinski definition) is 1. The van der Waals surface area contributed by atoms with E-state index in [2.05, 4.69) is 46.9 Å². The van der Waals surface area contributed by atoms with Crippen LogP contribution in [0.5, 0.6) is 0 Å². The lowest BCUT2D eigenvalue weighted by Crippen LogP contribution is -2.23. The van der Waals surface area contributed by atoms with Crippen LogP contribution >= 0.6 is 15.9 Å². The summed E-state index contributed by atoms with van der Waals surface area (Å²) in [6.45, 7) is 5.39. The van der Waals surface area contributed by atoms with Crippen molar-refractivity contribution >= 4 is 15.9 Å². The van der Waals surface area contributed by atoms with Gasteiger partial charge in [0.15, 0.2) is 0 Å². The topological polar surface area (TPSA) is 56.3 Å². The molecule has 1 aromatic rings. The average Bonchev–Trinajstić information content (AvgIpc) is 2.73. The van der Waals surface area contributed by atoms with Gasteiger partial charge in [0.25, 0.3) is 0 Å². The van der Waals surface area contributed by atoms with Gasteiger partial charge in [-0.05, 0) is 42.9 Å². The van der Waals surface area contributed by atoms with Gasteiger partial charge < -0.3 is 15.4 Å². The van der Waals surface area contributed by atoms with Gasteiger partial charge in [-0.1, -0.05) is 6.92 Å². The van der Waals surface area contributed by atoms with Crippen LogP contribution in [0.3, 0.4) is 0 Å². The first-order valence-electron chi connectivity index (χ1n) is 6.75. The third-order valence-corrected chi connectivity index (χ3v) is 3.48. The molecule has 1 aromatic heterocycles. The minimum atomic E-state index is -0.0455. The number of halogens is 1. The predicted molar refractivity (Wildman–Crippen MR) is 81.1 cm³/mol. The van der Waals surface area contributed by atoms with E-state index >= 15 is 0 Å². The summed E-state index contributed by atoms with van der Waals surface area (Å²) in [4.78, 5) is 2.13. The lowest BCUT2D eigenvalue weighted by atomic mass is 10.1. The number of ether oxygens (including phenoxy) is 1. The molecule has 6 heteroatoms. The number of rotatable bonds is 9. The van der Waals surface area contributed by atoms with Crippen molar-refractivity contribution in [2.45, 2.75) is 32.4 Å². The van der Waals surface area contributed by atoms with Gasteiger partial charge >= 0.3 is 0 Å². The van der Waals surface area contributed by atoms with Crippen LogP contribution in [0, 0.1) is 0 Å². The molecule has 0 amide bonds. The lowest BCUT2D eigenvalue weighted by Gasteiger charge is -2.17. The molecular weight excluding hydrogens is 308 g/mol. The summed E-state index contributed by atoms with van der Waals surface area (Å²) in [5.41, 5.74) is 7.30. The third-order valence-electron chi connectivity index (χ3n) is 2.87. The number of nitrogens with zero attached hydrogens (tertiary/aromatic N) is 3. The fraction of sp³-hybridized carbons (Fsp3) is 0.769. The molecule has 0 bridgehead atoms. The van der Waals surface area contributed by atoms with Gasteiger partial charge in [-0.25, -0.2) is 0 Å². The third kappa shape index (κ3) is 5.60. The van der Waals surface area contributed by atoms with Crippen LogP contribution in [0.2, 0.25) is 0 Å². The van der Waals surface area contributed by atoms with E-state index in [4.69, 9.17) is 10.5 Å². The predicted octanol–water partition coefficient (Wildman–Crippen LogP) is 2.02. The molecule has 0 aliphatic carbocycles. The summed E-state index contributed by atoms with van der Waals surface area (Å²) in [5, 5.41) is 4.38. The van der Waals surface area contributed by atoms with Gasteiger partial charge in [-0.15, -0.1) is 0 Å². The molecule has 0 saturated heterocycles. The molecule has 1 atom stereocenters. The van der Waals surface area contributed by atoms with Gasteiger partial charge in [0.2, 0.25) is 0 Å². The summed E-state index contributed by atoms with van der Waals surface area (Å²) < 4.78 is 8.46. The zero-order chi connectivity index (χ0) is 14.3. The maximum atomic E-state index is 6.25. The molecule has 0 spiro atoms. The van der Waals surface area contributed by atoms with E-state index in [0.29, 0.717) is 6.61 Å². The quantitative estimate of drug-likeness (QED) is 0.703. The van der Waals surface area contributed by atoms with Crippen LogP contribution in [0.25, 0.3) is 0 Å². The Hall–Kier alpha value is -0.430. The smallest absolute Gasteiger partial charge is 0.0694 e. The molecule has 110 valence electrons. The molecule has 2 N–H and O–H groups in total. The maximum absolute atomic E-state index is 6.25. The van der Waals surface area contributed by atoms with Crippen molar-refractivity contribution in [2.24, 2.45) is 5.73 Å². The summed E-state index contributed by atoms with van der Waals surface area (Å²) in [5.74, 6) is 0. The maximum Gasteiger partial charge on any atom is 0.0694 e. The molecule has 0 radical (unpaired) electrons. The van der Waals surface area contributed by atoms with Crippen molar-refractivity contribution in [3.8, 4) is 0 Å². The van der Waals surface area contributed by atoms with Gasteiger partial charge in [0.05, 0.1) is 29.0 Å². The van der Waals surface area contributed by atoms with E-state index in [9.17, 15) is 0 Å². The van der Waals surface area contributed by atoms with E-state index in [1.165, 1.54) is 0 Å².